The summed E-state index contributed by atoms with van der Waals surface area (Å²) in [6, 6.07) is 11.3. The van der Waals surface area contributed by atoms with Gasteiger partial charge >= 0.3 is 5.76 Å². The number of carbonyl (C=O) groups is 1. The lowest BCUT2D eigenvalue weighted by Gasteiger charge is -2.28. The Kier molecular flexibility index (Phi) is 4.23. The summed E-state index contributed by atoms with van der Waals surface area (Å²) >= 11 is 0. The minimum Gasteiger partial charge on any atom is -0.408 e. The molecule has 140 valence electrons. The fourth-order valence-corrected chi connectivity index (χ4v) is 4.73. The van der Waals surface area contributed by atoms with E-state index in [2.05, 4.69) is 10.3 Å². The van der Waals surface area contributed by atoms with Crippen molar-refractivity contribution < 1.29 is 17.6 Å². The Labute approximate surface area is 154 Å². The van der Waals surface area contributed by atoms with E-state index in [-0.39, 0.29) is 11.7 Å². The van der Waals surface area contributed by atoms with E-state index in [4.69, 9.17) is 4.42 Å². The zero-order valence-electron chi connectivity index (χ0n) is 14.3. The normalized spacial score (nSPS) is 16.4. The van der Waals surface area contributed by atoms with Crippen LogP contribution in [0.25, 0.3) is 11.1 Å². The summed E-state index contributed by atoms with van der Waals surface area (Å²) in [6.45, 7) is 0.455. The zero-order valence-corrected chi connectivity index (χ0v) is 15.1. The number of aromatic nitrogens is 1. The second kappa shape index (κ2) is 6.58. The average molecular weight is 387 g/mol. The van der Waals surface area contributed by atoms with Crippen LogP contribution in [0.3, 0.4) is 0 Å². The Bertz CT molecular complexity index is 1160. The number of nitrogens with zero attached hydrogens (tertiary/aromatic N) is 1. The number of H-pyrrole nitrogens is 1. The van der Waals surface area contributed by atoms with Crippen LogP contribution in [0.15, 0.2) is 51.7 Å². The molecule has 0 spiro atoms. The first kappa shape index (κ1) is 17.3. The highest BCUT2D eigenvalue weighted by Gasteiger charge is 2.26. The Morgan fingerprint density at radius 3 is 2.63 bits per heavy atom. The summed E-state index contributed by atoms with van der Waals surface area (Å²) < 4.78 is 30.6. The van der Waals surface area contributed by atoms with Gasteiger partial charge in [-0.15, -0.1) is 0 Å². The van der Waals surface area contributed by atoms with Crippen molar-refractivity contribution in [3.63, 3.8) is 0 Å². The summed E-state index contributed by atoms with van der Waals surface area (Å²) in [5.74, 6) is -0.752. The number of hydrogen-bond donors (Lipinski definition) is 2. The van der Waals surface area contributed by atoms with Crippen molar-refractivity contribution in [2.45, 2.75) is 12.8 Å². The van der Waals surface area contributed by atoms with Gasteiger partial charge < -0.3 is 9.73 Å². The van der Waals surface area contributed by atoms with Gasteiger partial charge in [0.1, 0.15) is 0 Å². The Morgan fingerprint density at radius 1 is 1.11 bits per heavy atom. The van der Waals surface area contributed by atoms with Crippen molar-refractivity contribution in [1.82, 2.24) is 4.98 Å². The third-order valence-electron chi connectivity index (χ3n) is 4.44. The Balaban J connectivity index is 1.52. The second-order valence-electron chi connectivity index (χ2n) is 6.32. The number of nitrogens with one attached hydrogen (secondary N) is 2. The average Bonchev–Trinajstić information content (AvgIpc) is 3.01. The number of aromatic amines is 1. The van der Waals surface area contributed by atoms with Crippen molar-refractivity contribution in [2.75, 3.05) is 21.9 Å². The highest BCUT2D eigenvalue weighted by Crippen LogP contribution is 2.24. The maximum Gasteiger partial charge on any atom is 0.417 e. The minimum atomic E-state index is -3.28. The summed E-state index contributed by atoms with van der Waals surface area (Å²) in [4.78, 5) is 26.2. The lowest BCUT2D eigenvalue weighted by Crippen LogP contribution is -2.37. The van der Waals surface area contributed by atoms with E-state index in [1.807, 2.05) is 0 Å². The molecule has 8 nitrogen and oxygen atoms in total. The van der Waals surface area contributed by atoms with Gasteiger partial charge in [0, 0.05) is 17.8 Å². The minimum absolute atomic E-state index is 0.147. The van der Waals surface area contributed by atoms with Crippen LogP contribution in [0, 0.1) is 0 Å². The Morgan fingerprint density at radius 2 is 1.89 bits per heavy atom. The van der Waals surface area contributed by atoms with Gasteiger partial charge in [0.2, 0.25) is 10.0 Å². The van der Waals surface area contributed by atoms with Crippen LogP contribution in [0.5, 0.6) is 0 Å². The first-order chi connectivity index (χ1) is 12.9. The Hall–Kier alpha value is -3.07. The molecule has 0 bridgehead atoms. The number of rotatable bonds is 3. The maximum absolute atomic E-state index is 12.4. The molecule has 4 rings (SSSR count). The van der Waals surface area contributed by atoms with Gasteiger partial charge in [-0.25, -0.2) is 13.2 Å². The standard InChI is InChI=1S/C18H17N3O5S/c22-17(19-13-5-8-16-15(11-13)20-18(23)26-16)12-3-6-14(7-4-12)21-9-1-2-10-27(21,24)25/h3-8,11H,1-2,9-10H2,(H,19,22)(H,20,23). The number of sulfonamides is 1. The quantitative estimate of drug-likeness (QED) is 0.716. The molecule has 0 atom stereocenters. The molecule has 0 radical (unpaired) electrons. The van der Waals surface area contributed by atoms with Gasteiger partial charge in [0.05, 0.1) is 17.0 Å². The van der Waals surface area contributed by atoms with E-state index in [1.54, 1.807) is 42.5 Å². The van der Waals surface area contributed by atoms with Crippen LogP contribution in [-0.2, 0) is 10.0 Å². The largest absolute Gasteiger partial charge is 0.417 e. The summed E-state index contributed by atoms with van der Waals surface area (Å²) in [5.41, 5.74) is 2.36. The highest BCUT2D eigenvalue weighted by atomic mass is 32.2. The molecule has 3 aromatic rings. The lowest BCUT2D eigenvalue weighted by atomic mass is 10.2. The molecule has 0 aliphatic carbocycles. The molecule has 1 saturated heterocycles. The van der Waals surface area contributed by atoms with Gasteiger partial charge in [-0.1, -0.05) is 0 Å². The van der Waals surface area contributed by atoms with Crippen molar-refractivity contribution in [3.8, 4) is 0 Å². The monoisotopic (exact) mass is 387 g/mol. The summed E-state index contributed by atoms with van der Waals surface area (Å²) in [6.07, 6.45) is 1.49. The van der Waals surface area contributed by atoms with Crippen molar-refractivity contribution in [1.29, 1.82) is 0 Å². The topological polar surface area (TPSA) is 112 Å². The van der Waals surface area contributed by atoms with E-state index >= 15 is 0 Å². The molecule has 2 heterocycles. The lowest BCUT2D eigenvalue weighted by molar-refractivity contribution is 0.102. The summed E-state index contributed by atoms with van der Waals surface area (Å²) in [5, 5.41) is 2.74. The number of fused-ring (bicyclic) bond motifs is 1. The molecule has 1 aromatic heterocycles. The van der Waals surface area contributed by atoms with E-state index in [9.17, 15) is 18.0 Å². The van der Waals surface area contributed by atoms with Crippen LogP contribution >= 0.6 is 0 Å². The fourth-order valence-electron chi connectivity index (χ4n) is 3.09. The molecule has 0 saturated carbocycles. The summed E-state index contributed by atoms with van der Waals surface area (Å²) in [7, 11) is -3.28. The van der Waals surface area contributed by atoms with Crippen LogP contribution in [0.1, 0.15) is 23.2 Å². The molecular formula is C18H17N3O5S. The molecule has 2 aromatic carbocycles. The van der Waals surface area contributed by atoms with Gasteiger partial charge in [-0.2, -0.15) is 0 Å². The molecular weight excluding hydrogens is 370 g/mol. The van der Waals surface area contributed by atoms with Crippen molar-refractivity contribution >= 4 is 38.4 Å². The fraction of sp³-hybridized carbons (Fsp3) is 0.222. The SMILES string of the molecule is O=C(Nc1ccc2oc(=O)[nH]c2c1)c1ccc(N2CCCCS2(=O)=O)cc1. The van der Waals surface area contributed by atoms with Gasteiger partial charge in [-0.05, 0) is 55.3 Å². The predicted molar refractivity (Wildman–Crippen MR) is 102 cm³/mol. The molecule has 9 heteroatoms. The molecule has 1 aliphatic heterocycles. The molecule has 2 N–H and O–H groups in total. The van der Waals surface area contributed by atoms with E-state index < -0.39 is 15.8 Å². The van der Waals surface area contributed by atoms with Gasteiger partial charge in [0.15, 0.2) is 5.58 Å². The van der Waals surface area contributed by atoms with Gasteiger partial charge in [-0.3, -0.25) is 14.1 Å². The van der Waals surface area contributed by atoms with Crippen LogP contribution < -0.4 is 15.4 Å². The molecule has 27 heavy (non-hydrogen) atoms. The van der Waals surface area contributed by atoms with Crippen molar-refractivity contribution in [3.05, 3.63) is 58.6 Å². The van der Waals surface area contributed by atoms with Gasteiger partial charge in [0.25, 0.3) is 5.91 Å². The molecule has 1 fully saturated rings. The molecule has 0 unspecified atom stereocenters. The maximum atomic E-state index is 12.4. The predicted octanol–water partition coefficient (Wildman–Crippen LogP) is 2.30. The van der Waals surface area contributed by atoms with E-state index in [0.29, 0.717) is 41.0 Å². The molecule has 1 aliphatic rings. The first-order valence-electron chi connectivity index (χ1n) is 8.47. The number of carbonyl (C=O) groups excluding carboxylic acids is 1. The third kappa shape index (κ3) is 3.45. The number of benzene rings is 2. The number of amides is 1. The number of hydrogen-bond acceptors (Lipinski definition) is 5. The number of oxazole rings is 1. The van der Waals surface area contributed by atoms with Crippen molar-refractivity contribution in [2.24, 2.45) is 0 Å². The molecule has 1 amide bonds. The smallest absolute Gasteiger partial charge is 0.408 e. The second-order valence-corrected chi connectivity index (χ2v) is 8.33. The van der Waals surface area contributed by atoms with Crippen LogP contribution in [0.2, 0.25) is 0 Å². The van der Waals surface area contributed by atoms with Crippen LogP contribution in [-0.4, -0.2) is 31.6 Å². The van der Waals surface area contributed by atoms with Crippen LogP contribution in [0.4, 0.5) is 11.4 Å². The number of anilines is 2. The van der Waals surface area contributed by atoms with E-state index in [0.717, 1.165) is 6.42 Å². The third-order valence-corrected chi connectivity index (χ3v) is 6.31. The zero-order chi connectivity index (χ0) is 19.0. The first-order valence-corrected chi connectivity index (χ1v) is 10.1. The van der Waals surface area contributed by atoms with E-state index in [1.165, 1.54) is 4.31 Å². The highest BCUT2D eigenvalue weighted by molar-refractivity contribution is 7.92.